The standard InChI is InChI=1S/C12H11F3N4O/c1-19-6-8(5-17-19)18-11(20)9-4-7(12(13,14)15)2-3-10(9)16/h2-6H,16H2,1H3,(H,18,20). The van der Waals surface area contributed by atoms with Crippen molar-refractivity contribution in [1.82, 2.24) is 9.78 Å². The molecule has 1 aromatic carbocycles. The van der Waals surface area contributed by atoms with Crippen LogP contribution in [0.4, 0.5) is 24.5 Å². The molecule has 0 unspecified atom stereocenters. The lowest BCUT2D eigenvalue weighted by Gasteiger charge is -2.10. The first-order valence-electron chi connectivity index (χ1n) is 5.54. The predicted molar refractivity (Wildman–Crippen MR) is 67.0 cm³/mol. The Balaban J connectivity index is 2.29. The summed E-state index contributed by atoms with van der Waals surface area (Å²) in [4.78, 5) is 11.9. The van der Waals surface area contributed by atoms with E-state index in [9.17, 15) is 18.0 Å². The summed E-state index contributed by atoms with van der Waals surface area (Å²) in [7, 11) is 1.65. The zero-order chi connectivity index (χ0) is 14.9. The second-order valence-corrected chi connectivity index (χ2v) is 4.16. The van der Waals surface area contributed by atoms with Gasteiger partial charge in [0, 0.05) is 18.9 Å². The number of hydrogen-bond donors (Lipinski definition) is 2. The van der Waals surface area contributed by atoms with Crippen LogP contribution >= 0.6 is 0 Å². The van der Waals surface area contributed by atoms with E-state index in [1.807, 2.05) is 0 Å². The fourth-order valence-electron chi connectivity index (χ4n) is 1.61. The number of anilines is 2. The zero-order valence-corrected chi connectivity index (χ0v) is 10.4. The molecule has 1 heterocycles. The van der Waals surface area contributed by atoms with Crippen molar-refractivity contribution < 1.29 is 18.0 Å². The van der Waals surface area contributed by atoms with Gasteiger partial charge >= 0.3 is 6.18 Å². The number of halogens is 3. The Morgan fingerprint density at radius 2 is 2.10 bits per heavy atom. The lowest BCUT2D eigenvalue weighted by molar-refractivity contribution is -0.137. The quantitative estimate of drug-likeness (QED) is 0.831. The molecule has 0 saturated heterocycles. The SMILES string of the molecule is Cn1cc(NC(=O)c2cc(C(F)(F)F)ccc2N)cn1. The van der Waals surface area contributed by atoms with Gasteiger partial charge in [-0.1, -0.05) is 0 Å². The fourth-order valence-corrected chi connectivity index (χ4v) is 1.61. The van der Waals surface area contributed by atoms with Crippen LogP contribution in [0, 0.1) is 0 Å². The van der Waals surface area contributed by atoms with Crippen molar-refractivity contribution in [2.24, 2.45) is 7.05 Å². The van der Waals surface area contributed by atoms with E-state index in [4.69, 9.17) is 5.73 Å². The minimum atomic E-state index is -4.53. The van der Waals surface area contributed by atoms with Crippen LogP contribution in [-0.4, -0.2) is 15.7 Å². The molecule has 2 rings (SSSR count). The van der Waals surface area contributed by atoms with Crippen molar-refractivity contribution in [3.8, 4) is 0 Å². The van der Waals surface area contributed by atoms with Crippen molar-refractivity contribution in [3.05, 3.63) is 41.7 Å². The van der Waals surface area contributed by atoms with Crippen LogP contribution in [0.1, 0.15) is 15.9 Å². The minimum Gasteiger partial charge on any atom is -0.398 e. The van der Waals surface area contributed by atoms with Crippen molar-refractivity contribution in [2.75, 3.05) is 11.1 Å². The van der Waals surface area contributed by atoms with Crippen LogP contribution in [0.25, 0.3) is 0 Å². The van der Waals surface area contributed by atoms with Crippen LogP contribution in [0.3, 0.4) is 0 Å². The van der Waals surface area contributed by atoms with Gasteiger partial charge in [0.15, 0.2) is 0 Å². The van der Waals surface area contributed by atoms with E-state index in [0.717, 1.165) is 18.2 Å². The number of nitrogen functional groups attached to an aromatic ring is 1. The number of nitrogens with zero attached hydrogens (tertiary/aromatic N) is 2. The Kier molecular flexibility index (Phi) is 3.39. The summed E-state index contributed by atoms with van der Waals surface area (Å²) in [5.41, 5.74) is 4.72. The Morgan fingerprint density at radius 1 is 1.40 bits per heavy atom. The Bertz CT molecular complexity index is 648. The van der Waals surface area contributed by atoms with Gasteiger partial charge in [0.1, 0.15) is 0 Å². The maximum absolute atomic E-state index is 12.6. The number of aromatic nitrogens is 2. The molecule has 8 heteroatoms. The number of amides is 1. The third-order valence-electron chi connectivity index (χ3n) is 2.59. The summed E-state index contributed by atoms with van der Waals surface area (Å²) < 4.78 is 39.3. The van der Waals surface area contributed by atoms with Crippen molar-refractivity contribution in [1.29, 1.82) is 0 Å². The smallest absolute Gasteiger partial charge is 0.398 e. The summed E-state index contributed by atoms with van der Waals surface area (Å²) in [5, 5.41) is 6.26. The molecule has 1 aromatic heterocycles. The normalized spacial score (nSPS) is 11.4. The first-order valence-corrected chi connectivity index (χ1v) is 5.54. The molecule has 0 aliphatic heterocycles. The van der Waals surface area contributed by atoms with Gasteiger partial charge in [-0.15, -0.1) is 0 Å². The summed E-state index contributed by atoms with van der Waals surface area (Å²) in [5.74, 6) is -0.721. The van der Waals surface area contributed by atoms with E-state index >= 15 is 0 Å². The monoisotopic (exact) mass is 284 g/mol. The average molecular weight is 284 g/mol. The molecule has 5 nitrogen and oxygen atoms in total. The number of benzene rings is 1. The Labute approximate surface area is 112 Å². The number of alkyl halides is 3. The molecular formula is C12H11F3N4O. The van der Waals surface area contributed by atoms with Gasteiger partial charge in [-0.3, -0.25) is 9.48 Å². The predicted octanol–water partition coefficient (Wildman–Crippen LogP) is 2.27. The van der Waals surface area contributed by atoms with Crippen LogP contribution < -0.4 is 11.1 Å². The Hall–Kier alpha value is -2.51. The number of aryl methyl sites for hydroxylation is 1. The van der Waals surface area contributed by atoms with E-state index in [2.05, 4.69) is 10.4 Å². The number of rotatable bonds is 2. The third-order valence-corrected chi connectivity index (χ3v) is 2.59. The number of hydrogen-bond acceptors (Lipinski definition) is 3. The molecule has 0 atom stereocenters. The lowest BCUT2D eigenvalue weighted by atomic mass is 10.1. The second kappa shape index (κ2) is 4.87. The summed E-state index contributed by atoms with van der Waals surface area (Å²) in [6.07, 6.45) is -1.64. The van der Waals surface area contributed by atoms with Crippen molar-refractivity contribution in [2.45, 2.75) is 6.18 Å². The molecule has 2 aromatic rings. The highest BCUT2D eigenvalue weighted by molar-refractivity contribution is 6.07. The van der Waals surface area contributed by atoms with Crippen molar-refractivity contribution in [3.63, 3.8) is 0 Å². The average Bonchev–Trinajstić information content (AvgIpc) is 2.73. The molecule has 0 bridgehead atoms. The van der Waals surface area contributed by atoms with Gasteiger partial charge in [0.05, 0.1) is 23.0 Å². The van der Waals surface area contributed by atoms with Gasteiger partial charge in [0.25, 0.3) is 5.91 Å². The molecule has 1 amide bonds. The summed E-state index contributed by atoms with van der Waals surface area (Å²) >= 11 is 0. The van der Waals surface area contributed by atoms with Crippen molar-refractivity contribution >= 4 is 17.3 Å². The number of carbonyl (C=O) groups excluding carboxylic acids is 1. The van der Waals surface area contributed by atoms with Gasteiger partial charge in [0.2, 0.25) is 0 Å². The van der Waals surface area contributed by atoms with Crippen LogP contribution in [0.5, 0.6) is 0 Å². The fraction of sp³-hybridized carbons (Fsp3) is 0.167. The summed E-state index contributed by atoms with van der Waals surface area (Å²) in [6, 6.07) is 2.61. The van der Waals surface area contributed by atoms with Crippen LogP contribution in [-0.2, 0) is 13.2 Å². The van der Waals surface area contributed by atoms with E-state index in [0.29, 0.717) is 5.69 Å². The van der Waals surface area contributed by atoms with Gasteiger partial charge in [-0.05, 0) is 18.2 Å². The van der Waals surface area contributed by atoms with E-state index < -0.39 is 17.6 Å². The van der Waals surface area contributed by atoms with E-state index in [1.165, 1.54) is 17.1 Å². The van der Waals surface area contributed by atoms with E-state index in [1.54, 1.807) is 7.05 Å². The molecule has 0 saturated carbocycles. The van der Waals surface area contributed by atoms with Gasteiger partial charge in [-0.25, -0.2) is 0 Å². The zero-order valence-electron chi connectivity index (χ0n) is 10.4. The molecule has 3 N–H and O–H groups in total. The molecule has 20 heavy (non-hydrogen) atoms. The third kappa shape index (κ3) is 2.90. The lowest BCUT2D eigenvalue weighted by Crippen LogP contribution is -2.15. The summed E-state index contributed by atoms with van der Waals surface area (Å²) in [6.45, 7) is 0. The molecule has 0 aliphatic carbocycles. The molecular weight excluding hydrogens is 273 g/mol. The second-order valence-electron chi connectivity index (χ2n) is 4.16. The largest absolute Gasteiger partial charge is 0.416 e. The van der Waals surface area contributed by atoms with Gasteiger partial charge < -0.3 is 11.1 Å². The van der Waals surface area contributed by atoms with Gasteiger partial charge in [-0.2, -0.15) is 18.3 Å². The number of nitrogens with one attached hydrogen (secondary N) is 1. The maximum Gasteiger partial charge on any atom is 0.416 e. The first kappa shape index (κ1) is 13.9. The highest BCUT2D eigenvalue weighted by Gasteiger charge is 2.31. The molecule has 106 valence electrons. The van der Waals surface area contributed by atoms with Crippen LogP contribution in [0.15, 0.2) is 30.6 Å². The number of carbonyl (C=O) groups is 1. The highest BCUT2D eigenvalue weighted by Crippen LogP contribution is 2.31. The number of nitrogens with two attached hydrogens (primary N) is 1. The molecule has 0 aliphatic rings. The minimum absolute atomic E-state index is 0.0283. The topological polar surface area (TPSA) is 72.9 Å². The molecule has 0 radical (unpaired) electrons. The molecule has 0 fully saturated rings. The van der Waals surface area contributed by atoms with E-state index in [-0.39, 0.29) is 11.3 Å². The maximum atomic E-state index is 12.6. The van der Waals surface area contributed by atoms with Crippen LogP contribution in [0.2, 0.25) is 0 Å². The molecule has 0 spiro atoms. The Morgan fingerprint density at radius 3 is 2.65 bits per heavy atom. The first-order chi connectivity index (χ1) is 9.27. The highest BCUT2D eigenvalue weighted by atomic mass is 19.4.